The smallest absolute Gasteiger partial charge is 0.175 e. The summed E-state index contributed by atoms with van der Waals surface area (Å²) in [5.41, 5.74) is 13.2. The van der Waals surface area contributed by atoms with Gasteiger partial charge in [-0.15, -0.1) is 0 Å². The largest absolute Gasteiger partial charge is 0.310 e. The number of rotatable bonds is 5. The van der Waals surface area contributed by atoms with E-state index in [1.165, 1.54) is 0 Å². The van der Waals surface area contributed by atoms with Crippen molar-refractivity contribution in [3.05, 3.63) is 283 Å². The van der Waals surface area contributed by atoms with Crippen LogP contribution in [0.1, 0.15) is 22.3 Å². The molecule has 9 heteroatoms. The van der Waals surface area contributed by atoms with Gasteiger partial charge in [-0.2, -0.15) is 0 Å². The molecule has 15 rings (SSSR count). The maximum Gasteiger partial charge on any atom is 0.175 e. The first-order chi connectivity index (χ1) is 36.5. The van der Waals surface area contributed by atoms with Crippen LogP contribution < -0.4 is 46.5 Å². The summed E-state index contributed by atoms with van der Waals surface area (Å²) in [5, 5.41) is 4.78. The molecule has 0 unspecified atom stereocenters. The maximum atomic E-state index is 16.1. The van der Waals surface area contributed by atoms with Crippen molar-refractivity contribution in [1.29, 1.82) is 0 Å². The zero-order chi connectivity index (χ0) is 49.2. The number of para-hydroxylation sites is 5. The second kappa shape index (κ2) is 16.1. The van der Waals surface area contributed by atoms with Gasteiger partial charge in [0.25, 0.3) is 0 Å². The summed E-state index contributed by atoms with van der Waals surface area (Å²) < 4.78 is 32.1. The van der Waals surface area contributed by atoms with Crippen molar-refractivity contribution < 1.29 is 9.13 Å². The summed E-state index contributed by atoms with van der Waals surface area (Å²) in [6, 6.07) is 85.3. The highest BCUT2D eigenvalue weighted by molar-refractivity contribution is 7.86. The summed E-state index contributed by atoms with van der Waals surface area (Å²) in [5.74, 6) is 0. The predicted octanol–water partition coefficient (Wildman–Crippen LogP) is 13.5. The fourth-order valence-corrected chi connectivity index (χ4v) is 18.5. The molecule has 0 atom stereocenters. The van der Waals surface area contributed by atoms with E-state index in [2.05, 4.69) is 118 Å². The molecule has 0 fully saturated rings. The minimum Gasteiger partial charge on any atom is -0.310 e. The Balaban J connectivity index is 1.03. The number of pyridine rings is 2. The van der Waals surface area contributed by atoms with E-state index in [1.807, 2.05) is 158 Å². The van der Waals surface area contributed by atoms with E-state index < -0.39 is 19.7 Å². The Bertz CT molecular complexity index is 3850. The molecule has 0 bridgehead atoms. The van der Waals surface area contributed by atoms with Crippen LogP contribution in [0.5, 0.6) is 0 Å². The molecular weight excluding hydrogens is 945 g/mol. The van der Waals surface area contributed by atoms with Gasteiger partial charge in [0.2, 0.25) is 0 Å². The van der Waals surface area contributed by atoms with Crippen LogP contribution in [0.25, 0.3) is 11.4 Å². The van der Waals surface area contributed by atoms with Crippen LogP contribution in [0.2, 0.25) is 0 Å². The third-order valence-electron chi connectivity index (χ3n) is 15.5. The molecule has 0 N–H and O–H groups in total. The van der Waals surface area contributed by atoms with Crippen molar-refractivity contribution in [2.45, 2.75) is 5.41 Å². The van der Waals surface area contributed by atoms with Crippen molar-refractivity contribution in [3.63, 3.8) is 0 Å². The number of fused-ring (bicyclic) bond motifs is 13. The van der Waals surface area contributed by atoms with Gasteiger partial charge in [0.05, 0.1) is 50.9 Å². The number of nitrogens with zero attached hydrogens (tertiary/aromatic N) is 5. The molecule has 1 spiro atoms. The van der Waals surface area contributed by atoms with Crippen LogP contribution in [0.4, 0.5) is 51.2 Å². The normalized spacial score (nSPS) is 15.4. The fourth-order valence-electron chi connectivity index (χ4n) is 12.6. The first-order valence-corrected chi connectivity index (χ1v) is 28.3. The SMILES string of the molecule is O=P1(c2ccccc2)c2ccccc2N(c2ccc3c(c2)C2(c4cc(N5c6ccccc6P(=O)(c6ccccc6)c6ccccc65)ccc4N3c3ccccc3)c3cccnc3-c3ncccc32)c2ccccc21. The quantitative estimate of drug-likeness (QED) is 0.159. The van der Waals surface area contributed by atoms with Gasteiger partial charge in [0.1, 0.15) is 0 Å². The third kappa shape index (κ3) is 5.68. The second-order valence-corrected chi connectivity index (χ2v) is 24.5. The lowest BCUT2D eigenvalue weighted by Gasteiger charge is -2.46. The van der Waals surface area contributed by atoms with Gasteiger partial charge in [-0.25, -0.2) is 0 Å². The van der Waals surface area contributed by atoms with E-state index in [9.17, 15) is 0 Å². The lowest BCUT2D eigenvalue weighted by atomic mass is 9.64. The molecule has 4 aliphatic rings. The lowest BCUT2D eigenvalue weighted by Crippen LogP contribution is -2.39. The summed E-state index contributed by atoms with van der Waals surface area (Å²) in [6.07, 6.45) is 3.73. The van der Waals surface area contributed by atoms with Gasteiger partial charge in [-0.05, 0) is 131 Å². The Labute approximate surface area is 429 Å². The van der Waals surface area contributed by atoms with Gasteiger partial charge >= 0.3 is 0 Å². The van der Waals surface area contributed by atoms with Crippen LogP contribution in [0, 0.1) is 0 Å². The Morgan fingerprint density at radius 3 is 1.03 bits per heavy atom. The molecule has 0 radical (unpaired) electrons. The van der Waals surface area contributed by atoms with Crippen molar-refractivity contribution in [1.82, 2.24) is 9.97 Å². The van der Waals surface area contributed by atoms with Gasteiger partial charge in [0.15, 0.2) is 14.3 Å². The molecule has 5 heterocycles. The number of hydrogen-bond donors (Lipinski definition) is 0. The first kappa shape index (κ1) is 42.8. The Morgan fingerprint density at radius 2 is 0.635 bits per heavy atom. The summed E-state index contributed by atoms with van der Waals surface area (Å²) >= 11 is 0. The molecule has 0 amide bonds. The Morgan fingerprint density at radius 1 is 0.297 bits per heavy atom. The van der Waals surface area contributed by atoms with E-state index >= 15 is 9.13 Å². The molecule has 7 nitrogen and oxygen atoms in total. The van der Waals surface area contributed by atoms with Crippen LogP contribution in [0.3, 0.4) is 0 Å². The fraction of sp³-hybridized carbons (Fsp3) is 0.0154. The van der Waals surface area contributed by atoms with E-state index in [-0.39, 0.29) is 0 Å². The standard InChI is InChI=1S/C65H43N5O2P2/c71-73(47-22-6-2-7-23-47)59-32-14-10-28-55(59)69(56-29-11-15-33-60(56)73)45-36-38-53-51(42-45)65(49-26-18-40-66-63(49)64-50(65)27-19-41-67-64)52-43-46(37-39-54(52)68(53)44-20-4-1-5-21-44)70-57-30-12-16-34-61(57)74(72,48-24-8-3-9-25-48)62-35-17-13-31-58(62)70/h1-43H. The van der Waals surface area contributed by atoms with Crippen molar-refractivity contribution in [3.8, 4) is 11.4 Å². The van der Waals surface area contributed by atoms with Crippen LogP contribution in [-0.2, 0) is 14.5 Å². The molecule has 0 saturated heterocycles. The average molecular weight is 988 g/mol. The molecule has 3 aliphatic heterocycles. The zero-order valence-corrected chi connectivity index (χ0v) is 41.6. The van der Waals surface area contributed by atoms with Crippen molar-refractivity contribution in [2.75, 3.05) is 14.7 Å². The van der Waals surface area contributed by atoms with Gasteiger partial charge < -0.3 is 23.8 Å². The third-order valence-corrected chi connectivity index (χ3v) is 21.8. The molecule has 0 saturated carbocycles. The Hall–Kier alpha value is -8.86. The first-order valence-electron chi connectivity index (χ1n) is 24.9. The van der Waals surface area contributed by atoms with Crippen molar-refractivity contribution in [2.24, 2.45) is 0 Å². The minimum atomic E-state index is -3.31. The Kier molecular flexibility index (Phi) is 9.29. The summed E-state index contributed by atoms with van der Waals surface area (Å²) in [4.78, 5) is 17.3. The zero-order valence-electron chi connectivity index (χ0n) is 39.8. The molecule has 74 heavy (non-hydrogen) atoms. The van der Waals surface area contributed by atoms with E-state index in [0.29, 0.717) is 0 Å². The summed E-state index contributed by atoms with van der Waals surface area (Å²) in [6.45, 7) is 0. The van der Waals surface area contributed by atoms with Crippen LogP contribution >= 0.6 is 14.3 Å². The predicted molar refractivity (Wildman–Crippen MR) is 303 cm³/mol. The maximum absolute atomic E-state index is 16.1. The lowest BCUT2D eigenvalue weighted by molar-refractivity contribution is 0.591. The number of anilines is 9. The van der Waals surface area contributed by atoms with Crippen LogP contribution in [0.15, 0.2) is 261 Å². The molecule has 2 aromatic heterocycles. The van der Waals surface area contributed by atoms with E-state index in [4.69, 9.17) is 9.97 Å². The van der Waals surface area contributed by atoms with Gasteiger partial charge in [-0.3, -0.25) is 9.97 Å². The molecule has 1 aliphatic carbocycles. The number of hydrogen-bond acceptors (Lipinski definition) is 7. The minimum absolute atomic E-state index is 0.794. The van der Waals surface area contributed by atoms with E-state index in [0.717, 1.165) is 117 Å². The van der Waals surface area contributed by atoms with Crippen LogP contribution in [-0.4, -0.2) is 9.97 Å². The number of aromatic nitrogens is 2. The number of benzene rings is 9. The molecule has 9 aromatic carbocycles. The van der Waals surface area contributed by atoms with Crippen molar-refractivity contribution >= 4 is 97.3 Å². The van der Waals surface area contributed by atoms with Gasteiger partial charge in [0, 0.05) is 61.3 Å². The summed E-state index contributed by atoms with van der Waals surface area (Å²) in [7, 11) is -6.63. The molecular formula is C65H43N5O2P2. The molecule has 11 aromatic rings. The monoisotopic (exact) mass is 987 g/mol. The highest BCUT2D eigenvalue weighted by Crippen LogP contribution is 2.65. The second-order valence-electron chi connectivity index (χ2n) is 19.1. The highest BCUT2D eigenvalue weighted by Gasteiger charge is 2.54. The highest BCUT2D eigenvalue weighted by atomic mass is 31.2. The van der Waals surface area contributed by atoms with E-state index in [1.54, 1.807) is 0 Å². The topological polar surface area (TPSA) is 69.6 Å². The molecule has 350 valence electrons. The average Bonchev–Trinajstić information content (AvgIpc) is 3.80. The van der Waals surface area contributed by atoms with Gasteiger partial charge in [-0.1, -0.05) is 140 Å².